The Labute approximate surface area is 113 Å². The van der Waals surface area contributed by atoms with Crippen LogP contribution >= 0.6 is 0 Å². The van der Waals surface area contributed by atoms with Crippen molar-refractivity contribution in [3.05, 3.63) is 47.3 Å². The third-order valence-corrected chi connectivity index (χ3v) is 4.25. The first-order valence-corrected chi connectivity index (χ1v) is 6.83. The minimum atomic E-state index is 0.143. The Kier molecular flexibility index (Phi) is 3.11. The molecule has 0 aliphatic heterocycles. The summed E-state index contributed by atoms with van der Waals surface area (Å²) in [7, 11) is 1.90. The summed E-state index contributed by atoms with van der Waals surface area (Å²) in [4.78, 5) is 0. The number of rotatable bonds is 3. The summed E-state index contributed by atoms with van der Waals surface area (Å²) in [5.74, 6) is 0. The molecule has 0 spiro atoms. The molecule has 0 radical (unpaired) electrons. The summed E-state index contributed by atoms with van der Waals surface area (Å²) in [6.45, 7) is 0.706. The van der Waals surface area contributed by atoms with Gasteiger partial charge in [-0.25, -0.2) is 0 Å². The van der Waals surface area contributed by atoms with E-state index in [-0.39, 0.29) is 5.41 Å². The molecule has 1 atom stereocenters. The van der Waals surface area contributed by atoms with E-state index in [0.717, 1.165) is 31.4 Å². The Hall–Kier alpha value is -1.68. The first kappa shape index (κ1) is 12.4. The Balaban J connectivity index is 1.85. The molecule has 2 aromatic rings. The normalized spacial score (nSPS) is 22.2. The lowest BCUT2D eigenvalue weighted by Gasteiger charge is -2.37. The van der Waals surface area contributed by atoms with Crippen LogP contribution in [0.25, 0.3) is 0 Å². The van der Waals surface area contributed by atoms with Gasteiger partial charge in [0.1, 0.15) is 0 Å². The van der Waals surface area contributed by atoms with E-state index in [0.29, 0.717) is 6.54 Å². The van der Waals surface area contributed by atoms with E-state index < -0.39 is 0 Å². The average molecular weight is 256 g/mol. The highest BCUT2D eigenvalue weighted by Crippen LogP contribution is 2.37. The zero-order valence-corrected chi connectivity index (χ0v) is 11.3. The number of hydrogen-bond acceptors (Lipinski definition) is 3. The fraction of sp³-hybridized carbons (Fsp3) is 0.467. The lowest BCUT2D eigenvalue weighted by Crippen LogP contribution is -2.38. The Bertz CT molecular complexity index is 575. The van der Waals surface area contributed by atoms with Crippen molar-refractivity contribution < 1.29 is 0 Å². The molecule has 0 fully saturated rings. The number of fused-ring (bicyclic) bond motifs is 1. The van der Waals surface area contributed by atoms with Crippen LogP contribution in [0.5, 0.6) is 0 Å². The van der Waals surface area contributed by atoms with E-state index in [1.54, 1.807) is 4.68 Å². The molecule has 3 rings (SSSR count). The highest BCUT2D eigenvalue weighted by Gasteiger charge is 2.34. The molecule has 1 unspecified atom stereocenters. The Morgan fingerprint density at radius 1 is 1.32 bits per heavy atom. The maximum atomic E-state index is 6.10. The number of hydrogen-bond donors (Lipinski definition) is 1. The molecule has 0 bridgehead atoms. The Morgan fingerprint density at radius 3 is 2.79 bits per heavy atom. The Morgan fingerprint density at radius 2 is 2.11 bits per heavy atom. The van der Waals surface area contributed by atoms with Crippen LogP contribution in [0.2, 0.25) is 0 Å². The van der Waals surface area contributed by atoms with Gasteiger partial charge in [-0.05, 0) is 42.3 Å². The predicted molar refractivity (Wildman–Crippen MR) is 74.7 cm³/mol. The molecule has 0 saturated carbocycles. The summed E-state index contributed by atoms with van der Waals surface area (Å²) in [5.41, 5.74) is 10.2. The molecule has 4 heteroatoms. The predicted octanol–water partition coefficient (Wildman–Crippen LogP) is 1.49. The molecule has 1 aromatic carbocycles. The van der Waals surface area contributed by atoms with Crippen LogP contribution in [0.4, 0.5) is 0 Å². The highest BCUT2D eigenvalue weighted by atomic mass is 15.4. The zero-order chi connectivity index (χ0) is 13.3. The van der Waals surface area contributed by atoms with Crippen LogP contribution in [0.1, 0.15) is 23.2 Å². The number of aromatic nitrogens is 3. The van der Waals surface area contributed by atoms with E-state index >= 15 is 0 Å². The van der Waals surface area contributed by atoms with Gasteiger partial charge in [-0.1, -0.05) is 29.5 Å². The highest BCUT2D eigenvalue weighted by molar-refractivity contribution is 5.31. The summed E-state index contributed by atoms with van der Waals surface area (Å²) < 4.78 is 1.76. The third kappa shape index (κ3) is 2.40. The minimum Gasteiger partial charge on any atom is -0.330 e. The van der Waals surface area contributed by atoms with Gasteiger partial charge < -0.3 is 5.73 Å². The van der Waals surface area contributed by atoms with Crippen LogP contribution in [0.3, 0.4) is 0 Å². The van der Waals surface area contributed by atoms with Crippen molar-refractivity contribution in [2.24, 2.45) is 18.2 Å². The largest absolute Gasteiger partial charge is 0.330 e. The van der Waals surface area contributed by atoms with Crippen molar-refractivity contribution >= 4 is 0 Å². The quantitative estimate of drug-likeness (QED) is 0.905. The van der Waals surface area contributed by atoms with Gasteiger partial charge in [-0.15, -0.1) is 5.10 Å². The molecule has 100 valence electrons. The summed E-state index contributed by atoms with van der Waals surface area (Å²) >= 11 is 0. The van der Waals surface area contributed by atoms with E-state index in [2.05, 4.69) is 34.6 Å². The van der Waals surface area contributed by atoms with Gasteiger partial charge in [0.25, 0.3) is 0 Å². The molecular weight excluding hydrogens is 236 g/mol. The van der Waals surface area contributed by atoms with Crippen molar-refractivity contribution in [2.45, 2.75) is 25.7 Å². The van der Waals surface area contributed by atoms with Gasteiger partial charge in [-0.3, -0.25) is 4.68 Å². The maximum absolute atomic E-state index is 6.10. The van der Waals surface area contributed by atoms with E-state index in [9.17, 15) is 0 Å². The number of nitrogens with zero attached hydrogens (tertiary/aromatic N) is 3. The number of benzene rings is 1. The number of aryl methyl sites for hydroxylation is 2. The molecule has 1 aliphatic carbocycles. The molecule has 19 heavy (non-hydrogen) atoms. The summed E-state index contributed by atoms with van der Waals surface area (Å²) in [5, 5.41) is 8.23. The van der Waals surface area contributed by atoms with Crippen LogP contribution in [-0.2, 0) is 26.3 Å². The first-order chi connectivity index (χ1) is 9.21. The summed E-state index contributed by atoms with van der Waals surface area (Å²) in [6.07, 6.45) is 6.23. The van der Waals surface area contributed by atoms with Gasteiger partial charge in [0.15, 0.2) is 0 Å². The fourth-order valence-corrected chi connectivity index (χ4v) is 3.12. The van der Waals surface area contributed by atoms with Gasteiger partial charge in [0.05, 0.1) is 5.69 Å². The standard InChI is InChI=1S/C15H20N4/c1-19-10-14(17-18-19)9-15(11-16)7-6-12-4-2-3-5-13(12)8-15/h2-5,10H,6-9,11,16H2,1H3. The molecule has 1 aliphatic rings. The molecular formula is C15H20N4. The van der Waals surface area contributed by atoms with Gasteiger partial charge in [-0.2, -0.15) is 0 Å². The molecule has 0 saturated heterocycles. The average Bonchev–Trinajstić information content (AvgIpc) is 2.84. The van der Waals surface area contributed by atoms with Crippen molar-refractivity contribution in [1.82, 2.24) is 15.0 Å². The van der Waals surface area contributed by atoms with Gasteiger partial charge in [0, 0.05) is 19.7 Å². The van der Waals surface area contributed by atoms with Gasteiger partial charge in [0.2, 0.25) is 0 Å². The second-order valence-corrected chi connectivity index (χ2v) is 5.71. The van der Waals surface area contributed by atoms with Crippen molar-refractivity contribution in [3.63, 3.8) is 0 Å². The first-order valence-electron chi connectivity index (χ1n) is 6.83. The van der Waals surface area contributed by atoms with E-state index in [4.69, 9.17) is 5.73 Å². The van der Waals surface area contributed by atoms with Crippen LogP contribution in [-0.4, -0.2) is 21.5 Å². The zero-order valence-electron chi connectivity index (χ0n) is 11.3. The monoisotopic (exact) mass is 256 g/mol. The molecule has 2 N–H and O–H groups in total. The number of nitrogens with two attached hydrogens (primary N) is 1. The summed E-state index contributed by atoms with van der Waals surface area (Å²) in [6, 6.07) is 8.71. The fourth-order valence-electron chi connectivity index (χ4n) is 3.12. The van der Waals surface area contributed by atoms with Crippen molar-refractivity contribution in [3.8, 4) is 0 Å². The van der Waals surface area contributed by atoms with Crippen LogP contribution in [0.15, 0.2) is 30.5 Å². The molecule has 0 amide bonds. The van der Waals surface area contributed by atoms with Crippen LogP contribution < -0.4 is 5.73 Å². The topological polar surface area (TPSA) is 56.7 Å². The van der Waals surface area contributed by atoms with Crippen molar-refractivity contribution in [1.29, 1.82) is 0 Å². The van der Waals surface area contributed by atoms with Crippen LogP contribution in [0, 0.1) is 5.41 Å². The smallest absolute Gasteiger partial charge is 0.0833 e. The molecule has 1 heterocycles. The lowest BCUT2D eigenvalue weighted by molar-refractivity contribution is 0.251. The second kappa shape index (κ2) is 4.78. The van der Waals surface area contributed by atoms with Gasteiger partial charge >= 0.3 is 0 Å². The molecule has 4 nitrogen and oxygen atoms in total. The second-order valence-electron chi connectivity index (χ2n) is 5.71. The third-order valence-electron chi connectivity index (χ3n) is 4.25. The molecule has 1 aromatic heterocycles. The minimum absolute atomic E-state index is 0.143. The SMILES string of the molecule is Cn1cc(CC2(CN)CCc3ccccc3C2)nn1. The van der Waals surface area contributed by atoms with Crippen molar-refractivity contribution in [2.75, 3.05) is 6.54 Å². The maximum Gasteiger partial charge on any atom is 0.0833 e. The van der Waals surface area contributed by atoms with E-state index in [1.807, 2.05) is 13.2 Å². The lowest BCUT2D eigenvalue weighted by atomic mass is 9.69. The van der Waals surface area contributed by atoms with E-state index in [1.165, 1.54) is 11.1 Å².